The molecule has 0 bridgehead atoms. The maximum atomic E-state index is 9.81. The summed E-state index contributed by atoms with van der Waals surface area (Å²) in [6, 6.07) is 5.94. The Morgan fingerprint density at radius 2 is 2.27 bits per heavy atom. The van der Waals surface area contributed by atoms with E-state index < -0.39 is 7.12 Å². The first-order valence-corrected chi connectivity index (χ1v) is 5.30. The third-order valence-electron chi connectivity index (χ3n) is 3.23. The Balaban J connectivity index is 2.50. The summed E-state index contributed by atoms with van der Waals surface area (Å²) in [6.07, 6.45) is 0.846. The van der Waals surface area contributed by atoms with Crippen LogP contribution in [0.25, 0.3) is 0 Å². The van der Waals surface area contributed by atoms with E-state index in [1.165, 1.54) is 0 Å². The van der Waals surface area contributed by atoms with Crippen LogP contribution in [0.15, 0.2) is 18.2 Å². The molecular formula is C11H16BNO2. The lowest BCUT2D eigenvalue weighted by Crippen LogP contribution is -2.29. The van der Waals surface area contributed by atoms with Crippen LogP contribution in [0.3, 0.4) is 0 Å². The highest BCUT2D eigenvalue weighted by Crippen LogP contribution is 2.33. The van der Waals surface area contributed by atoms with Crippen molar-refractivity contribution < 1.29 is 9.68 Å². The van der Waals surface area contributed by atoms with Gasteiger partial charge in [0, 0.05) is 6.54 Å². The predicted molar refractivity (Wildman–Crippen MR) is 60.7 cm³/mol. The van der Waals surface area contributed by atoms with Crippen LogP contribution < -0.4 is 11.2 Å². The van der Waals surface area contributed by atoms with Crippen LogP contribution in [0.1, 0.15) is 31.4 Å². The minimum Gasteiger partial charge on any atom is -0.423 e. The van der Waals surface area contributed by atoms with E-state index in [1.807, 2.05) is 25.1 Å². The van der Waals surface area contributed by atoms with Gasteiger partial charge in [0.1, 0.15) is 0 Å². The summed E-state index contributed by atoms with van der Waals surface area (Å²) < 4.78 is 5.58. The second-order valence-corrected chi connectivity index (χ2v) is 4.18. The van der Waals surface area contributed by atoms with Crippen molar-refractivity contribution in [1.29, 1.82) is 0 Å². The number of hydrogen-bond acceptors (Lipinski definition) is 3. The summed E-state index contributed by atoms with van der Waals surface area (Å²) in [6.45, 7) is 4.55. The number of benzene rings is 1. The molecule has 0 amide bonds. The van der Waals surface area contributed by atoms with E-state index in [9.17, 15) is 5.02 Å². The summed E-state index contributed by atoms with van der Waals surface area (Å²) >= 11 is 0. The van der Waals surface area contributed by atoms with Crippen molar-refractivity contribution >= 4 is 12.6 Å². The Morgan fingerprint density at radius 1 is 1.53 bits per heavy atom. The summed E-state index contributed by atoms with van der Waals surface area (Å²) in [7, 11) is -0.809. The normalized spacial score (nSPS) is 24.4. The van der Waals surface area contributed by atoms with Crippen LogP contribution in [0.5, 0.6) is 0 Å². The van der Waals surface area contributed by atoms with Gasteiger partial charge in [0.2, 0.25) is 0 Å². The van der Waals surface area contributed by atoms with Crippen LogP contribution >= 0.6 is 0 Å². The number of fused-ring (bicyclic) bond motifs is 1. The topological polar surface area (TPSA) is 55.5 Å². The first-order chi connectivity index (χ1) is 7.10. The van der Waals surface area contributed by atoms with Gasteiger partial charge in [0.15, 0.2) is 0 Å². The van der Waals surface area contributed by atoms with Crippen LogP contribution in [0.4, 0.5) is 0 Å². The molecule has 1 atom stereocenters. The lowest BCUT2D eigenvalue weighted by molar-refractivity contribution is 0.0761. The van der Waals surface area contributed by atoms with Crippen molar-refractivity contribution in [2.45, 2.75) is 32.4 Å². The Hall–Kier alpha value is -0.835. The van der Waals surface area contributed by atoms with E-state index in [0.29, 0.717) is 6.54 Å². The van der Waals surface area contributed by atoms with Gasteiger partial charge in [-0.1, -0.05) is 25.1 Å². The van der Waals surface area contributed by atoms with Crippen molar-refractivity contribution in [1.82, 2.24) is 0 Å². The molecule has 0 spiro atoms. The average molecular weight is 205 g/mol. The largest absolute Gasteiger partial charge is 0.492 e. The molecule has 0 fully saturated rings. The van der Waals surface area contributed by atoms with Gasteiger partial charge in [-0.05, 0) is 29.9 Å². The fourth-order valence-corrected chi connectivity index (χ4v) is 2.07. The standard InChI is InChI=1S/C11H16BNO2/c1-3-11(2)9-5-4-8(7-13)6-10(9)12(14)15-11/h4-6,14H,3,7,13H2,1-2H3. The fourth-order valence-electron chi connectivity index (χ4n) is 2.07. The van der Waals surface area contributed by atoms with E-state index in [2.05, 4.69) is 6.92 Å². The molecule has 0 saturated heterocycles. The van der Waals surface area contributed by atoms with Gasteiger partial charge in [-0.2, -0.15) is 0 Å². The second kappa shape index (κ2) is 3.63. The Labute approximate surface area is 90.4 Å². The molecule has 1 aromatic rings. The van der Waals surface area contributed by atoms with Gasteiger partial charge >= 0.3 is 7.12 Å². The molecule has 0 aliphatic carbocycles. The zero-order valence-corrected chi connectivity index (χ0v) is 9.16. The molecule has 1 aliphatic heterocycles. The first-order valence-electron chi connectivity index (χ1n) is 5.30. The zero-order chi connectivity index (χ0) is 11.1. The van der Waals surface area contributed by atoms with Crippen LogP contribution in [-0.4, -0.2) is 12.1 Å². The smallest absolute Gasteiger partial charge is 0.423 e. The van der Waals surface area contributed by atoms with E-state index in [0.717, 1.165) is 23.0 Å². The van der Waals surface area contributed by atoms with E-state index in [-0.39, 0.29) is 5.60 Å². The molecule has 1 aromatic carbocycles. The van der Waals surface area contributed by atoms with Gasteiger partial charge in [-0.25, -0.2) is 0 Å². The molecule has 4 heteroatoms. The highest BCUT2D eigenvalue weighted by atomic mass is 16.5. The summed E-state index contributed by atoms with van der Waals surface area (Å²) in [5.41, 5.74) is 8.17. The molecule has 0 saturated carbocycles. The van der Waals surface area contributed by atoms with Gasteiger partial charge in [-0.15, -0.1) is 0 Å². The van der Waals surface area contributed by atoms with Gasteiger partial charge in [0.25, 0.3) is 0 Å². The molecule has 1 unspecified atom stereocenters. The molecular weight excluding hydrogens is 189 g/mol. The van der Waals surface area contributed by atoms with E-state index in [4.69, 9.17) is 10.4 Å². The molecule has 80 valence electrons. The first kappa shape index (κ1) is 10.7. The monoisotopic (exact) mass is 205 g/mol. The Kier molecular flexibility index (Phi) is 2.58. The third kappa shape index (κ3) is 1.59. The highest BCUT2D eigenvalue weighted by Gasteiger charge is 2.42. The summed E-state index contributed by atoms with van der Waals surface area (Å²) in [5.74, 6) is 0. The molecule has 0 radical (unpaired) electrons. The quantitative estimate of drug-likeness (QED) is 0.690. The van der Waals surface area contributed by atoms with Gasteiger partial charge in [-0.3, -0.25) is 0 Å². The second-order valence-electron chi connectivity index (χ2n) is 4.18. The average Bonchev–Trinajstić information content (AvgIpc) is 2.52. The minimum absolute atomic E-state index is 0.359. The predicted octanol–water partition coefficient (Wildman–Crippen LogP) is 0.488. The fraction of sp³-hybridized carbons (Fsp3) is 0.455. The molecule has 1 aliphatic rings. The molecule has 0 aromatic heterocycles. The zero-order valence-electron chi connectivity index (χ0n) is 9.16. The molecule has 3 N–H and O–H groups in total. The number of rotatable bonds is 2. The van der Waals surface area contributed by atoms with Crippen LogP contribution in [-0.2, 0) is 16.8 Å². The van der Waals surface area contributed by atoms with Crippen molar-refractivity contribution in [2.75, 3.05) is 0 Å². The van der Waals surface area contributed by atoms with Crippen molar-refractivity contribution in [3.05, 3.63) is 29.3 Å². The number of hydrogen-bond donors (Lipinski definition) is 2. The van der Waals surface area contributed by atoms with Gasteiger partial charge in [0.05, 0.1) is 5.60 Å². The Morgan fingerprint density at radius 3 is 2.87 bits per heavy atom. The van der Waals surface area contributed by atoms with E-state index in [1.54, 1.807) is 0 Å². The molecule has 3 nitrogen and oxygen atoms in total. The summed E-state index contributed by atoms with van der Waals surface area (Å²) in [4.78, 5) is 0. The molecule has 2 rings (SSSR count). The summed E-state index contributed by atoms with van der Waals surface area (Å²) in [5, 5.41) is 9.81. The third-order valence-corrected chi connectivity index (χ3v) is 3.23. The lowest BCUT2D eigenvalue weighted by atomic mass is 9.77. The SMILES string of the molecule is CCC1(C)OB(O)c2cc(CN)ccc21. The molecule has 15 heavy (non-hydrogen) atoms. The van der Waals surface area contributed by atoms with Gasteiger partial charge < -0.3 is 15.4 Å². The lowest BCUT2D eigenvalue weighted by Gasteiger charge is -2.24. The molecule has 1 heterocycles. The number of nitrogens with two attached hydrogens (primary N) is 1. The maximum absolute atomic E-state index is 9.81. The van der Waals surface area contributed by atoms with Crippen molar-refractivity contribution in [3.8, 4) is 0 Å². The van der Waals surface area contributed by atoms with Crippen molar-refractivity contribution in [2.24, 2.45) is 5.73 Å². The van der Waals surface area contributed by atoms with Crippen molar-refractivity contribution in [3.63, 3.8) is 0 Å². The van der Waals surface area contributed by atoms with E-state index >= 15 is 0 Å². The van der Waals surface area contributed by atoms with Crippen LogP contribution in [0.2, 0.25) is 0 Å². The maximum Gasteiger partial charge on any atom is 0.492 e. The van der Waals surface area contributed by atoms with Crippen LogP contribution in [0, 0.1) is 0 Å². The highest BCUT2D eigenvalue weighted by molar-refractivity contribution is 6.62. The minimum atomic E-state index is -0.809. The Bertz CT molecular complexity index is 383.